The molecular formula is C17H14Cl2N6O4. The summed E-state index contributed by atoms with van der Waals surface area (Å²) in [5.41, 5.74) is 3.93. The minimum Gasteiger partial charge on any atom is -0.434 e. The molecule has 1 aromatic carbocycles. The Morgan fingerprint density at radius 3 is 2.66 bits per heavy atom. The molecule has 12 heteroatoms. The summed E-state index contributed by atoms with van der Waals surface area (Å²) in [6, 6.07) is -1.02. The van der Waals surface area contributed by atoms with Crippen LogP contribution >= 0.6 is 23.2 Å². The second-order valence-corrected chi connectivity index (χ2v) is 7.16. The molecule has 10 nitrogen and oxygen atoms in total. The van der Waals surface area contributed by atoms with E-state index in [0.717, 1.165) is 6.42 Å². The number of nitrogens with two attached hydrogens (primary N) is 1. The third-order valence-corrected chi connectivity index (χ3v) is 5.06. The molecule has 0 amide bonds. The van der Waals surface area contributed by atoms with Crippen LogP contribution in [-0.2, 0) is 6.42 Å². The van der Waals surface area contributed by atoms with Crippen LogP contribution in [0.4, 0.5) is 5.82 Å². The van der Waals surface area contributed by atoms with E-state index in [2.05, 4.69) is 15.3 Å². The Balaban J connectivity index is 1.89. The number of nitrogens with one attached hydrogen (secondary N) is 2. The Bertz CT molecular complexity index is 1390. The number of aromatic amines is 2. The molecule has 0 saturated heterocycles. The largest absolute Gasteiger partial charge is 0.434 e. The zero-order valence-corrected chi connectivity index (χ0v) is 16.3. The molecule has 1 atom stereocenters. The highest BCUT2D eigenvalue weighted by Gasteiger charge is 2.27. The van der Waals surface area contributed by atoms with Crippen molar-refractivity contribution in [3.63, 3.8) is 0 Å². The fourth-order valence-electron chi connectivity index (χ4n) is 3.14. The van der Waals surface area contributed by atoms with Gasteiger partial charge in [-0.3, -0.25) is 14.6 Å². The average molecular weight is 439 g/mol. The summed E-state index contributed by atoms with van der Waals surface area (Å²) in [5, 5.41) is 9.23. The Morgan fingerprint density at radius 2 is 1.97 bits per heavy atom. The quantitative estimate of drug-likeness (QED) is 0.563. The molecule has 0 radical (unpaired) electrons. The molecule has 1 aliphatic carbocycles. The SMILES string of the molecule is [2H]c1c(Cl)c(Oc2n[nH]c(=O)c3c2CCC3C)c(Cl)c([2H])c1-n1nc(N)c(=O)[nH]c1=O. The molecule has 1 aliphatic rings. The first-order chi connectivity index (χ1) is 14.6. The van der Waals surface area contributed by atoms with Gasteiger partial charge in [-0.1, -0.05) is 30.1 Å². The maximum absolute atomic E-state index is 12.1. The molecule has 0 bridgehead atoms. The predicted octanol–water partition coefficient (Wildman–Crippen LogP) is 1.74. The summed E-state index contributed by atoms with van der Waals surface area (Å²) in [6.45, 7) is 1.91. The number of hydrogen-bond acceptors (Lipinski definition) is 7. The highest BCUT2D eigenvalue weighted by atomic mass is 35.5. The summed E-state index contributed by atoms with van der Waals surface area (Å²) in [7, 11) is 0. The van der Waals surface area contributed by atoms with Gasteiger partial charge < -0.3 is 10.5 Å². The van der Waals surface area contributed by atoms with E-state index in [9.17, 15) is 14.4 Å². The molecule has 0 fully saturated rings. The standard InChI is InChI=1S/C17H14Cl2N6O4/c1-6-2-3-8-11(6)14(26)22-23-16(8)29-12-9(18)4-7(5-10(12)19)25-17(28)21-15(27)13(20)24-25/h4-6H,2-3H2,1H3,(H2,20,24)(H,22,26)(H,21,27,28)/i4D,5D. The molecule has 0 saturated carbocycles. The van der Waals surface area contributed by atoms with E-state index >= 15 is 0 Å². The second-order valence-electron chi connectivity index (χ2n) is 6.40. The molecule has 4 N–H and O–H groups in total. The van der Waals surface area contributed by atoms with Gasteiger partial charge in [0.15, 0.2) is 5.75 Å². The van der Waals surface area contributed by atoms with E-state index in [1.54, 1.807) is 0 Å². The molecule has 2 heterocycles. The number of nitrogen functional groups attached to an aromatic ring is 1. The lowest BCUT2D eigenvalue weighted by Gasteiger charge is -2.13. The van der Waals surface area contributed by atoms with Crippen molar-refractivity contribution in [3.05, 3.63) is 64.4 Å². The van der Waals surface area contributed by atoms with Crippen molar-refractivity contribution in [1.82, 2.24) is 25.0 Å². The second kappa shape index (κ2) is 7.05. The maximum atomic E-state index is 12.1. The maximum Gasteiger partial charge on any atom is 0.349 e. The average Bonchev–Trinajstić information content (AvgIpc) is 3.12. The van der Waals surface area contributed by atoms with Crippen LogP contribution in [0, 0.1) is 0 Å². The van der Waals surface area contributed by atoms with E-state index in [4.69, 9.17) is 36.4 Å². The minimum atomic E-state index is -1.03. The van der Waals surface area contributed by atoms with Gasteiger partial charge in [0, 0.05) is 11.1 Å². The van der Waals surface area contributed by atoms with Gasteiger partial charge in [-0.2, -0.15) is 4.68 Å². The topological polar surface area (TPSA) is 149 Å². The van der Waals surface area contributed by atoms with Crippen molar-refractivity contribution >= 4 is 29.0 Å². The number of H-pyrrole nitrogens is 2. The van der Waals surface area contributed by atoms with E-state index in [1.165, 1.54) is 0 Å². The van der Waals surface area contributed by atoms with Crippen molar-refractivity contribution < 1.29 is 7.48 Å². The van der Waals surface area contributed by atoms with Crippen LogP contribution in [0.5, 0.6) is 11.6 Å². The van der Waals surface area contributed by atoms with Gasteiger partial charge in [-0.25, -0.2) is 9.89 Å². The number of anilines is 1. The summed E-state index contributed by atoms with van der Waals surface area (Å²) >= 11 is 12.6. The lowest BCUT2D eigenvalue weighted by atomic mass is 10.1. The monoisotopic (exact) mass is 438 g/mol. The smallest absolute Gasteiger partial charge is 0.349 e. The molecule has 3 aromatic rings. The first kappa shape index (κ1) is 16.8. The van der Waals surface area contributed by atoms with Crippen molar-refractivity contribution in [2.24, 2.45) is 0 Å². The van der Waals surface area contributed by atoms with Crippen molar-refractivity contribution in [2.45, 2.75) is 25.7 Å². The summed E-state index contributed by atoms with van der Waals surface area (Å²) in [6.07, 6.45) is 1.28. The highest BCUT2D eigenvalue weighted by molar-refractivity contribution is 6.37. The number of aromatic nitrogens is 5. The number of halogens is 2. The van der Waals surface area contributed by atoms with E-state index < -0.39 is 34.8 Å². The van der Waals surface area contributed by atoms with Crippen molar-refractivity contribution in [1.29, 1.82) is 0 Å². The molecule has 1 unspecified atom stereocenters. The van der Waals surface area contributed by atoms with Gasteiger partial charge in [0.1, 0.15) is 0 Å². The van der Waals surface area contributed by atoms with Crippen LogP contribution in [0.15, 0.2) is 26.5 Å². The van der Waals surface area contributed by atoms with Crippen LogP contribution in [-0.4, -0.2) is 25.0 Å². The Morgan fingerprint density at radius 1 is 1.28 bits per heavy atom. The van der Waals surface area contributed by atoms with Gasteiger partial charge in [0.2, 0.25) is 11.7 Å². The number of ether oxygens (including phenoxy) is 1. The van der Waals surface area contributed by atoms with Crippen LogP contribution in [0.1, 0.15) is 33.1 Å². The Hall–Kier alpha value is -3.11. The fourth-order valence-corrected chi connectivity index (χ4v) is 3.63. The highest BCUT2D eigenvalue weighted by Crippen LogP contribution is 2.41. The Kier molecular flexibility index (Phi) is 4.09. The van der Waals surface area contributed by atoms with Gasteiger partial charge in [0.05, 0.1) is 18.5 Å². The fraction of sp³-hybridized carbons (Fsp3) is 0.235. The van der Waals surface area contributed by atoms with Gasteiger partial charge in [-0.15, -0.1) is 10.2 Å². The molecule has 0 aliphatic heterocycles. The van der Waals surface area contributed by atoms with Crippen molar-refractivity contribution in [2.75, 3.05) is 5.73 Å². The third kappa shape index (κ3) is 3.30. The third-order valence-electron chi connectivity index (χ3n) is 4.53. The number of benzene rings is 1. The first-order valence-electron chi connectivity index (χ1n) is 9.38. The molecule has 150 valence electrons. The molecule has 2 aromatic heterocycles. The molecule has 4 rings (SSSR count). The number of rotatable bonds is 3. The minimum absolute atomic E-state index is 0.0135. The summed E-state index contributed by atoms with van der Waals surface area (Å²) in [5.74, 6) is -0.723. The van der Waals surface area contributed by atoms with Crippen LogP contribution in [0.3, 0.4) is 0 Å². The molecule has 0 spiro atoms. The van der Waals surface area contributed by atoms with Gasteiger partial charge in [0.25, 0.3) is 11.1 Å². The summed E-state index contributed by atoms with van der Waals surface area (Å²) < 4.78 is 22.9. The van der Waals surface area contributed by atoms with E-state index in [1.807, 2.05) is 11.9 Å². The lowest BCUT2D eigenvalue weighted by molar-refractivity contribution is 0.448. The van der Waals surface area contributed by atoms with Crippen LogP contribution < -0.4 is 27.3 Å². The van der Waals surface area contributed by atoms with E-state index in [0.29, 0.717) is 22.2 Å². The van der Waals surface area contributed by atoms with Crippen LogP contribution in [0.2, 0.25) is 10.0 Å². The zero-order valence-electron chi connectivity index (χ0n) is 16.8. The number of fused-ring (bicyclic) bond motifs is 1. The first-order valence-corrected chi connectivity index (χ1v) is 9.14. The zero-order chi connectivity index (χ0) is 22.6. The molecular weight excluding hydrogens is 423 g/mol. The van der Waals surface area contributed by atoms with Crippen molar-refractivity contribution in [3.8, 4) is 17.3 Å². The van der Waals surface area contributed by atoms with Gasteiger partial charge >= 0.3 is 5.69 Å². The van der Waals surface area contributed by atoms with E-state index in [-0.39, 0.29) is 33.2 Å². The predicted molar refractivity (Wildman–Crippen MR) is 107 cm³/mol. The molecule has 29 heavy (non-hydrogen) atoms. The Labute approximate surface area is 175 Å². The number of hydrogen-bond donors (Lipinski definition) is 3. The lowest BCUT2D eigenvalue weighted by Crippen LogP contribution is -2.33. The normalized spacial score (nSPS) is 16.3. The number of nitrogens with zero attached hydrogens (tertiary/aromatic N) is 3. The van der Waals surface area contributed by atoms with Gasteiger partial charge in [-0.05, 0) is 30.8 Å². The van der Waals surface area contributed by atoms with Crippen LogP contribution in [0.25, 0.3) is 5.69 Å². The summed E-state index contributed by atoms with van der Waals surface area (Å²) in [4.78, 5) is 37.6.